The summed E-state index contributed by atoms with van der Waals surface area (Å²) in [6, 6.07) is 10.0. The highest BCUT2D eigenvalue weighted by molar-refractivity contribution is 8.11. The highest BCUT2D eigenvalue weighted by Crippen LogP contribution is 2.36. The van der Waals surface area contributed by atoms with E-state index in [2.05, 4.69) is 28.7 Å². The van der Waals surface area contributed by atoms with E-state index in [1.165, 1.54) is 9.78 Å². The molecule has 0 saturated heterocycles. The van der Waals surface area contributed by atoms with Crippen molar-refractivity contribution in [3.8, 4) is 0 Å². The van der Waals surface area contributed by atoms with E-state index in [-0.39, 0.29) is 0 Å². The molecular weight excluding hydrogens is 308 g/mol. The lowest BCUT2D eigenvalue weighted by molar-refractivity contribution is 1.19. The molecule has 2 rings (SSSR count). The van der Waals surface area contributed by atoms with Crippen molar-refractivity contribution in [3.05, 3.63) is 64.7 Å². The number of rotatable bonds is 5. The third-order valence-electron chi connectivity index (χ3n) is 2.54. The maximum atomic E-state index is 4.48. The fraction of sp³-hybridized carbons (Fsp3) is 0.222. The van der Waals surface area contributed by atoms with Crippen molar-refractivity contribution in [1.82, 2.24) is 4.98 Å². The molecule has 116 valence electrons. The van der Waals surface area contributed by atoms with Gasteiger partial charge in [-0.1, -0.05) is 44.3 Å². The molecule has 0 N–H and O–H groups in total. The number of pyridine rings is 1. The van der Waals surface area contributed by atoms with E-state index >= 15 is 0 Å². The molecule has 4 heteroatoms. The summed E-state index contributed by atoms with van der Waals surface area (Å²) >= 11 is 3.30. The first-order chi connectivity index (χ1) is 10.7. The van der Waals surface area contributed by atoms with Gasteiger partial charge in [0.25, 0.3) is 0 Å². The molecule has 0 aromatic carbocycles. The summed E-state index contributed by atoms with van der Waals surface area (Å²) in [6.07, 6.45) is 3.90. The van der Waals surface area contributed by atoms with Gasteiger partial charge in [-0.25, -0.2) is 4.99 Å². The summed E-state index contributed by atoms with van der Waals surface area (Å²) in [5, 5.41) is 2.82. The predicted molar refractivity (Wildman–Crippen MR) is 103 cm³/mol. The summed E-state index contributed by atoms with van der Waals surface area (Å²) in [5.41, 5.74) is 1.88. The summed E-state index contributed by atoms with van der Waals surface area (Å²) in [4.78, 5) is 11.3. The van der Waals surface area contributed by atoms with Gasteiger partial charge in [0.1, 0.15) is 5.00 Å². The average molecular weight is 331 g/mol. The van der Waals surface area contributed by atoms with E-state index < -0.39 is 0 Å². The minimum absolute atomic E-state index is 0.881. The predicted octanol–water partition coefficient (Wildman–Crippen LogP) is 6.47. The number of hydrogen-bond donors (Lipinski definition) is 0. The SMILES string of the molecule is C=CS/C(=C\C)c1ccc(/N=C/c2cccc(C)n2)s1.CC. The van der Waals surface area contributed by atoms with Gasteiger partial charge in [-0.3, -0.25) is 4.98 Å². The third-order valence-corrected chi connectivity index (χ3v) is 4.57. The zero-order chi connectivity index (χ0) is 16.4. The summed E-state index contributed by atoms with van der Waals surface area (Å²) < 4.78 is 0. The maximum absolute atomic E-state index is 4.48. The number of nitrogens with zero attached hydrogens (tertiary/aromatic N) is 2. The molecule has 0 aliphatic carbocycles. The molecule has 22 heavy (non-hydrogen) atoms. The Balaban J connectivity index is 0.00000116. The van der Waals surface area contributed by atoms with Gasteiger partial charge in [0.2, 0.25) is 0 Å². The summed E-state index contributed by atoms with van der Waals surface area (Å²) in [7, 11) is 0. The molecule has 2 aromatic heterocycles. The topological polar surface area (TPSA) is 25.2 Å². The van der Waals surface area contributed by atoms with Gasteiger partial charge in [0, 0.05) is 15.5 Å². The van der Waals surface area contributed by atoms with Crippen LogP contribution in [0.1, 0.15) is 37.0 Å². The van der Waals surface area contributed by atoms with Crippen molar-refractivity contribution < 1.29 is 0 Å². The van der Waals surface area contributed by atoms with Crippen molar-refractivity contribution >= 4 is 39.2 Å². The van der Waals surface area contributed by atoms with E-state index in [4.69, 9.17) is 0 Å². The Bertz CT molecular complexity index is 655. The lowest BCUT2D eigenvalue weighted by Crippen LogP contribution is -1.88. The first-order valence-corrected chi connectivity index (χ1v) is 8.94. The Labute approximate surface area is 141 Å². The number of aromatic nitrogens is 1. The van der Waals surface area contributed by atoms with Crippen LogP contribution in [-0.2, 0) is 0 Å². The van der Waals surface area contributed by atoms with Crippen LogP contribution in [0.4, 0.5) is 5.00 Å². The van der Waals surface area contributed by atoms with Crippen molar-refractivity contribution in [2.45, 2.75) is 27.7 Å². The largest absolute Gasteiger partial charge is 0.252 e. The van der Waals surface area contributed by atoms with Crippen molar-refractivity contribution in [2.24, 2.45) is 4.99 Å². The van der Waals surface area contributed by atoms with Gasteiger partial charge >= 0.3 is 0 Å². The first kappa shape index (κ1) is 18.4. The van der Waals surface area contributed by atoms with Gasteiger partial charge in [-0.15, -0.1) is 11.3 Å². The average Bonchev–Trinajstić information content (AvgIpc) is 3.01. The van der Waals surface area contributed by atoms with E-state index in [1.807, 2.05) is 57.4 Å². The number of aryl methyl sites for hydroxylation is 1. The maximum Gasteiger partial charge on any atom is 0.116 e. The molecule has 0 saturated carbocycles. The smallest absolute Gasteiger partial charge is 0.116 e. The molecule has 2 aromatic rings. The van der Waals surface area contributed by atoms with Crippen LogP contribution in [0.25, 0.3) is 4.91 Å². The number of aliphatic imine (C=N–C) groups is 1. The Morgan fingerprint density at radius 2 is 2.05 bits per heavy atom. The molecule has 0 aliphatic rings. The molecule has 2 nitrogen and oxygen atoms in total. The Kier molecular flexibility index (Phi) is 8.48. The van der Waals surface area contributed by atoms with Gasteiger partial charge < -0.3 is 0 Å². The van der Waals surface area contributed by atoms with Crippen molar-refractivity contribution in [3.63, 3.8) is 0 Å². The normalized spacial score (nSPS) is 11.2. The van der Waals surface area contributed by atoms with E-state index in [0.717, 1.165) is 16.4 Å². The van der Waals surface area contributed by atoms with Crippen molar-refractivity contribution in [2.75, 3.05) is 0 Å². The van der Waals surface area contributed by atoms with Crippen LogP contribution in [0.3, 0.4) is 0 Å². The van der Waals surface area contributed by atoms with Gasteiger partial charge in [-0.2, -0.15) is 0 Å². The van der Waals surface area contributed by atoms with Gasteiger partial charge in [0.15, 0.2) is 0 Å². The number of hydrogen-bond acceptors (Lipinski definition) is 4. The minimum Gasteiger partial charge on any atom is -0.252 e. The van der Waals surface area contributed by atoms with Crippen LogP contribution in [-0.4, -0.2) is 11.2 Å². The molecule has 2 heterocycles. The lowest BCUT2D eigenvalue weighted by Gasteiger charge is -1.97. The van der Waals surface area contributed by atoms with Crippen LogP contribution in [0, 0.1) is 6.92 Å². The molecular formula is C18H22N2S2. The van der Waals surface area contributed by atoms with Crippen LogP contribution >= 0.6 is 23.1 Å². The minimum atomic E-state index is 0.881. The zero-order valence-corrected chi connectivity index (χ0v) is 15.2. The van der Waals surface area contributed by atoms with Crippen LogP contribution in [0.5, 0.6) is 0 Å². The number of thiophene rings is 1. The first-order valence-electron chi connectivity index (χ1n) is 7.24. The highest BCUT2D eigenvalue weighted by Gasteiger charge is 2.03. The summed E-state index contributed by atoms with van der Waals surface area (Å²) in [6.45, 7) is 11.8. The second-order valence-corrected chi connectivity index (χ2v) is 6.11. The molecule has 0 spiro atoms. The molecule has 0 bridgehead atoms. The summed E-state index contributed by atoms with van der Waals surface area (Å²) in [5.74, 6) is 0. The Hall–Kier alpha value is -1.65. The van der Waals surface area contributed by atoms with E-state index in [0.29, 0.717) is 0 Å². The second kappa shape index (κ2) is 10.1. The fourth-order valence-corrected chi connectivity index (χ4v) is 3.24. The van der Waals surface area contributed by atoms with E-state index in [9.17, 15) is 0 Å². The lowest BCUT2D eigenvalue weighted by atomic mass is 10.3. The molecule has 0 amide bonds. The fourth-order valence-electron chi connectivity index (χ4n) is 1.65. The Morgan fingerprint density at radius 3 is 2.68 bits per heavy atom. The molecule has 0 aliphatic heterocycles. The second-order valence-electron chi connectivity index (χ2n) is 4.04. The monoisotopic (exact) mass is 330 g/mol. The van der Waals surface area contributed by atoms with Gasteiger partial charge in [-0.05, 0) is 43.5 Å². The third kappa shape index (κ3) is 5.62. The molecule has 0 fully saturated rings. The standard InChI is InChI=1S/C16H16N2S2.C2H6/c1-4-14(19-5-2)15-9-10-16(20-15)17-11-13-8-6-7-12(3)18-13;1-2/h4-11H,2H2,1,3H3;1-2H3/b14-4-,17-11+;. The van der Waals surface area contributed by atoms with Crippen molar-refractivity contribution in [1.29, 1.82) is 0 Å². The quantitative estimate of drug-likeness (QED) is 0.587. The van der Waals surface area contributed by atoms with Crippen LogP contribution < -0.4 is 0 Å². The zero-order valence-electron chi connectivity index (χ0n) is 13.5. The Morgan fingerprint density at radius 1 is 1.27 bits per heavy atom. The van der Waals surface area contributed by atoms with Crippen LogP contribution in [0.2, 0.25) is 0 Å². The number of thioether (sulfide) groups is 1. The van der Waals surface area contributed by atoms with Gasteiger partial charge in [0.05, 0.1) is 11.9 Å². The molecule has 0 radical (unpaired) electrons. The molecule has 0 unspecified atom stereocenters. The number of allylic oxidation sites excluding steroid dienone is 1. The van der Waals surface area contributed by atoms with Crippen LogP contribution in [0.15, 0.2) is 53.4 Å². The highest BCUT2D eigenvalue weighted by atomic mass is 32.2. The molecule has 0 atom stereocenters. The van der Waals surface area contributed by atoms with E-state index in [1.54, 1.807) is 29.3 Å².